The lowest BCUT2D eigenvalue weighted by atomic mass is 10.0. The summed E-state index contributed by atoms with van der Waals surface area (Å²) in [5, 5.41) is 20.4. The van der Waals surface area contributed by atoms with Gasteiger partial charge in [0.15, 0.2) is 0 Å². The molecule has 0 aromatic heterocycles. The third-order valence-corrected chi connectivity index (χ3v) is 4.26. The molecule has 2 rings (SSSR count). The van der Waals surface area contributed by atoms with E-state index < -0.39 is 18.0 Å². The van der Waals surface area contributed by atoms with Gasteiger partial charge in [0.1, 0.15) is 6.04 Å². The molecule has 1 atom stereocenters. The van der Waals surface area contributed by atoms with Gasteiger partial charge in [-0.25, -0.2) is 4.79 Å². The van der Waals surface area contributed by atoms with Crippen molar-refractivity contribution in [1.82, 2.24) is 15.1 Å². The van der Waals surface area contributed by atoms with Gasteiger partial charge in [-0.05, 0) is 17.5 Å². The monoisotopic (exact) mass is 364 g/mol. The summed E-state index contributed by atoms with van der Waals surface area (Å²) in [5.41, 5.74) is 7.23. The highest BCUT2D eigenvalue weighted by atomic mass is 16.4. The Balaban J connectivity index is 1.75. The van der Waals surface area contributed by atoms with Gasteiger partial charge in [0, 0.05) is 32.7 Å². The Morgan fingerprint density at radius 1 is 1.04 bits per heavy atom. The lowest BCUT2D eigenvalue weighted by Crippen LogP contribution is -2.52. The number of aliphatic carboxylic acids is 2. The Morgan fingerprint density at radius 3 is 2.15 bits per heavy atom. The molecule has 1 aromatic carbocycles. The molecule has 1 fully saturated rings. The number of rotatable bonds is 7. The smallest absolute Gasteiger partial charge is 0.320 e. The Morgan fingerprint density at radius 2 is 1.62 bits per heavy atom. The van der Waals surface area contributed by atoms with E-state index in [9.17, 15) is 14.4 Å². The summed E-state index contributed by atoms with van der Waals surface area (Å²) in [4.78, 5) is 37.1. The molecule has 1 heterocycles. The van der Waals surface area contributed by atoms with Crippen molar-refractivity contribution in [3.05, 3.63) is 35.4 Å². The minimum atomic E-state index is -1.04. The number of urea groups is 1. The predicted octanol–water partition coefficient (Wildman–Crippen LogP) is -0.447. The fourth-order valence-electron chi connectivity index (χ4n) is 2.72. The number of hydrogen-bond donors (Lipinski definition) is 4. The minimum Gasteiger partial charge on any atom is -0.480 e. The van der Waals surface area contributed by atoms with Gasteiger partial charge in [-0.1, -0.05) is 24.3 Å². The summed E-state index contributed by atoms with van der Waals surface area (Å²) >= 11 is 0. The number of hydrogen-bond acceptors (Lipinski definition) is 5. The normalized spacial score (nSPS) is 16.1. The van der Waals surface area contributed by atoms with Crippen LogP contribution in [0.15, 0.2) is 24.3 Å². The van der Waals surface area contributed by atoms with E-state index in [1.807, 2.05) is 12.1 Å². The zero-order valence-electron chi connectivity index (χ0n) is 14.4. The average molecular weight is 364 g/mol. The maximum Gasteiger partial charge on any atom is 0.320 e. The summed E-state index contributed by atoms with van der Waals surface area (Å²) in [6, 6.07) is 6.14. The Bertz CT molecular complexity index is 641. The third kappa shape index (κ3) is 6.01. The standard InChI is InChI=1S/C17H24N4O5/c18-14(16(24)25)9-12-1-3-13(4-2-12)10-19-17(26)21-7-5-20(6-8-21)11-15(22)23/h1-4,14H,5-11,18H2,(H,19,26)(H,22,23)(H,24,25)/t14-/m0/s1. The predicted molar refractivity (Wildman–Crippen MR) is 93.6 cm³/mol. The minimum absolute atomic E-state index is 0.00660. The average Bonchev–Trinajstić information content (AvgIpc) is 2.61. The lowest BCUT2D eigenvalue weighted by molar-refractivity contribution is -0.139. The molecule has 1 aromatic rings. The molecule has 5 N–H and O–H groups in total. The van der Waals surface area contributed by atoms with Crippen molar-refractivity contribution in [3.8, 4) is 0 Å². The van der Waals surface area contributed by atoms with Crippen molar-refractivity contribution < 1.29 is 24.6 Å². The summed E-state index contributed by atoms with van der Waals surface area (Å²) in [6.07, 6.45) is 0.253. The zero-order valence-corrected chi connectivity index (χ0v) is 14.4. The number of carbonyl (C=O) groups is 3. The second-order valence-corrected chi connectivity index (χ2v) is 6.28. The van der Waals surface area contributed by atoms with Gasteiger partial charge in [0.05, 0.1) is 6.54 Å². The van der Waals surface area contributed by atoms with E-state index in [0.29, 0.717) is 32.7 Å². The van der Waals surface area contributed by atoms with Crippen molar-refractivity contribution in [1.29, 1.82) is 0 Å². The summed E-state index contributed by atoms with van der Waals surface area (Å²) in [6.45, 7) is 2.42. The number of amides is 2. The molecule has 26 heavy (non-hydrogen) atoms. The Labute approximate surface area is 151 Å². The van der Waals surface area contributed by atoms with E-state index in [2.05, 4.69) is 5.32 Å². The van der Waals surface area contributed by atoms with Crippen LogP contribution in [0.1, 0.15) is 11.1 Å². The molecule has 0 radical (unpaired) electrons. The zero-order chi connectivity index (χ0) is 19.1. The molecule has 1 aliphatic rings. The van der Waals surface area contributed by atoms with E-state index in [1.165, 1.54) is 0 Å². The van der Waals surface area contributed by atoms with Crippen molar-refractivity contribution >= 4 is 18.0 Å². The van der Waals surface area contributed by atoms with Gasteiger partial charge in [0.2, 0.25) is 0 Å². The van der Waals surface area contributed by atoms with E-state index in [4.69, 9.17) is 15.9 Å². The molecule has 9 nitrogen and oxygen atoms in total. The van der Waals surface area contributed by atoms with Crippen LogP contribution in [-0.4, -0.2) is 76.7 Å². The van der Waals surface area contributed by atoms with Crippen molar-refractivity contribution in [2.24, 2.45) is 5.73 Å². The molecule has 0 bridgehead atoms. The van der Waals surface area contributed by atoms with Crippen molar-refractivity contribution in [2.45, 2.75) is 19.0 Å². The van der Waals surface area contributed by atoms with Gasteiger partial charge in [-0.3, -0.25) is 14.5 Å². The van der Waals surface area contributed by atoms with Crippen LogP contribution in [0, 0.1) is 0 Å². The topological polar surface area (TPSA) is 136 Å². The molecule has 142 valence electrons. The highest BCUT2D eigenvalue weighted by Gasteiger charge is 2.22. The number of nitrogens with two attached hydrogens (primary N) is 1. The maximum absolute atomic E-state index is 12.2. The van der Waals surface area contributed by atoms with Crippen molar-refractivity contribution in [2.75, 3.05) is 32.7 Å². The Hall–Kier alpha value is -2.65. The molecule has 0 spiro atoms. The van der Waals surface area contributed by atoms with Crippen LogP contribution >= 0.6 is 0 Å². The summed E-state index contributed by atoms with van der Waals surface area (Å²) in [7, 11) is 0. The van der Waals surface area contributed by atoms with Crippen LogP contribution in [-0.2, 0) is 22.6 Å². The molecule has 1 saturated heterocycles. The first kappa shape index (κ1) is 19.7. The first-order valence-electron chi connectivity index (χ1n) is 8.38. The number of nitrogens with one attached hydrogen (secondary N) is 1. The first-order chi connectivity index (χ1) is 12.3. The van der Waals surface area contributed by atoms with Crippen LogP contribution in [0.2, 0.25) is 0 Å². The molecule has 0 aliphatic carbocycles. The number of benzene rings is 1. The summed E-state index contributed by atoms with van der Waals surface area (Å²) in [5.74, 6) is -1.90. The first-order valence-corrected chi connectivity index (χ1v) is 8.38. The van der Waals surface area contributed by atoms with Gasteiger partial charge in [-0.15, -0.1) is 0 Å². The lowest BCUT2D eigenvalue weighted by Gasteiger charge is -2.33. The molecule has 0 unspecified atom stereocenters. The second-order valence-electron chi connectivity index (χ2n) is 6.28. The van der Waals surface area contributed by atoms with Crippen LogP contribution in [0.25, 0.3) is 0 Å². The van der Waals surface area contributed by atoms with Crippen LogP contribution in [0.4, 0.5) is 4.79 Å². The summed E-state index contributed by atoms with van der Waals surface area (Å²) < 4.78 is 0. The van der Waals surface area contributed by atoms with E-state index in [1.54, 1.807) is 21.9 Å². The molecule has 1 aliphatic heterocycles. The number of carboxylic acid groups (broad SMARTS) is 2. The highest BCUT2D eigenvalue weighted by molar-refractivity contribution is 5.74. The molecule has 2 amide bonds. The molecule has 9 heteroatoms. The number of carboxylic acids is 2. The van der Waals surface area contributed by atoms with Gasteiger partial charge >= 0.3 is 18.0 Å². The van der Waals surface area contributed by atoms with Crippen LogP contribution in [0.3, 0.4) is 0 Å². The van der Waals surface area contributed by atoms with E-state index in [-0.39, 0.29) is 19.0 Å². The highest BCUT2D eigenvalue weighted by Crippen LogP contribution is 2.07. The fraction of sp³-hybridized carbons (Fsp3) is 0.471. The number of carbonyl (C=O) groups excluding carboxylic acids is 1. The van der Waals surface area contributed by atoms with Crippen LogP contribution in [0.5, 0.6) is 0 Å². The molecule has 0 saturated carbocycles. The van der Waals surface area contributed by atoms with Crippen LogP contribution < -0.4 is 11.1 Å². The second kappa shape index (κ2) is 9.16. The fourth-order valence-corrected chi connectivity index (χ4v) is 2.72. The number of nitrogens with zero attached hydrogens (tertiary/aromatic N) is 2. The van der Waals surface area contributed by atoms with Gasteiger partial charge in [0.25, 0.3) is 0 Å². The number of piperazine rings is 1. The van der Waals surface area contributed by atoms with Crippen molar-refractivity contribution in [3.63, 3.8) is 0 Å². The largest absolute Gasteiger partial charge is 0.480 e. The Kier molecular flexibility index (Phi) is 6.93. The molecular formula is C17H24N4O5. The van der Waals surface area contributed by atoms with E-state index >= 15 is 0 Å². The van der Waals surface area contributed by atoms with Gasteiger partial charge in [-0.2, -0.15) is 0 Å². The van der Waals surface area contributed by atoms with Gasteiger partial charge < -0.3 is 26.2 Å². The maximum atomic E-state index is 12.2. The quantitative estimate of drug-likeness (QED) is 0.514. The molecular weight excluding hydrogens is 340 g/mol. The SMILES string of the molecule is N[C@@H](Cc1ccc(CNC(=O)N2CCN(CC(=O)O)CC2)cc1)C(=O)O. The van der Waals surface area contributed by atoms with E-state index in [0.717, 1.165) is 11.1 Å². The third-order valence-electron chi connectivity index (χ3n) is 4.26.